The van der Waals surface area contributed by atoms with Gasteiger partial charge in [0, 0.05) is 17.4 Å². The van der Waals surface area contributed by atoms with Gasteiger partial charge in [0.2, 0.25) is 10.0 Å². The predicted molar refractivity (Wildman–Crippen MR) is 80.8 cm³/mol. The molecule has 6 nitrogen and oxygen atoms in total. The van der Waals surface area contributed by atoms with Gasteiger partial charge in [0.1, 0.15) is 0 Å². The van der Waals surface area contributed by atoms with Crippen molar-refractivity contribution in [1.82, 2.24) is 9.71 Å². The fourth-order valence-corrected chi connectivity index (χ4v) is 4.28. The Balaban J connectivity index is 1.48. The number of nitrogens with one attached hydrogen (secondary N) is 1. The van der Waals surface area contributed by atoms with Gasteiger partial charge in [-0.25, -0.2) is 18.1 Å². The number of rotatable bonds is 5. The zero-order valence-electron chi connectivity index (χ0n) is 12.2. The van der Waals surface area contributed by atoms with Crippen molar-refractivity contribution in [2.75, 3.05) is 0 Å². The highest BCUT2D eigenvalue weighted by Gasteiger charge is 2.43. The second-order valence-electron chi connectivity index (χ2n) is 5.55. The van der Waals surface area contributed by atoms with Gasteiger partial charge < -0.3 is 9.47 Å². The fraction of sp³-hybridized carbons (Fsp3) is 0.357. The van der Waals surface area contributed by atoms with E-state index >= 15 is 0 Å². The summed E-state index contributed by atoms with van der Waals surface area (Å²) in [6.45, 7) is 0.0379. The van der Waals surface area contributed by atoms with E-state index in [0.29, 0.717) is 11.6 Å². The van der Waals surface area contributed by atoms with Gasteiger partial charge in [0.15, 0.2) is 11.5 Å². The lowest BCUT2D eigenvalue weighted by Gasteiger charge is -2.06. The summed E-state index contributed by atoms with van der Waals surface area (Å²) >= 11 is 1.52. The first-order valence-electron chi connectivity index (χ1n) is 7.16. The molecule has 1 fully saturated rings. The Hall–Kier alpha value is -1.78. The molecule has 0 saturated heterocycles. The molecule has 0 bridgehead atoms. The molecule has 10 heteroatoms. The molecule has 128 valence electrons. The fourth-order valence-electron chi connectivity index (χ4n) is 2.27. The number of benzene rings is 1. The molecular weight excluding hydrogens is 362 g/mol. The SMILES string of the molecule is O=S(=O)(NCc1csc(C2CC2)n1)c1ccc2c(c1)OC(F)(F)O2. The highest BCUT2D eigenvalue weighted by molar-refractivity contribution is 7.89. The van der Waals surface area contributed by atoms with Crippen LogP contribution in [0.25, 0.3) is 0 Å². The lowest BCUT2D eigenvalue weighted by Crippen LogP contribution is -2.26. The molecule has 2 aliphatic rings. The number of aromatic nitrogens is 1. The Morgan fingerprint density at radius 3 is 2.79 bits per heavy atom. The maximum absolute atomic E-state index is 13.0. The summed E-state index contributed by atoms with van der Waals surface area (Å²) in [5, 5.41) is 2.84. The average Bonchev–Trinajstić information content (AvgIpc) is 3.16. The van der Waals surface area contributed by atoms with Crippen LogP contribution in [0, 0.1) is 0 Å². The van der Waals surface area contributed by atoms with Crippen LogP contribution in [-0.2, 0) is 16.6 Å². The highest BCUT2D eigenvalue weighted by Crippen LogP contribution is 2.42. The zero-order chi connectivity index (χ0) is 16.9. The van der Waals surface area contributed by atoms with Crippen molar-refractivity contribution in [3.8, 4) is 11.5 Å². The number of thiazole rings is 1. The molecule has 4 rings (SSSR count). The minimum atomic E-state index is -3.88. The summed E-state index contributed by atoms with van der Waals surface area (Å²) in [4.78, 5) is 4.21. The lowest BCUT2D eigenvalue weighted by atomic mass is 10.3. The summed E-state index contributed by atoms with van der Waals surface area (Å²) in [7, 11) is -3.88. The van der Waals surface area contributed by atoms with Crippen LogP contribution in [0.2, 0.25) is 0 Å². The molecule has 0 amide bonds. The minimum Gasteiger partial charge on any atom is -0.395 e. The van der Waals surface area contributed by atoms with Crippen molar-refractivity contribution in [3.63, 3.8) is 0 Å². The van der Waals surface area contributed by atoms with Gasteiger partial charge in [-0.15, -0.1) is 20.1 Å². The Bertz CT molecular complexity index is 894. The van der Waals surface area contributed by atoms with Crippen molar-refractivity contribution in [2.45, 2.75) is 36.5 Å². The molecule has 1 aliphatic heterocycles. The monoisotopic (exact) mass is 374 g/mol. The molecule has 1 aromatic carbocycles. The summed E-state index contributed by atoms with van der Waals surface area (Å²) in [6.07, 6.45) is -1.53. The van der Waals surface area contributed by atoms with E-state index in [-0.39, 0.29) is 22.9 Å². The molecule has 2 heterocycles. The Morgan fingerprint density at radius 2 is 2.04 bits per heavy atom. The molecule has 1 N–H and O–H groups in total. The van der Waals surface area contributed by atoms with Crippen LogP contribution < -0.4 is 14.2 Å². The minimum absolute atomic E-state index is 0.0379. The van der Waals surface area contributed by atoms with Gasteiger partial charge in [-0.1, -0.05) is 0 Å². The first-order valence-corrected chi connectivity index (χ1v) is 9.52. The van der Waals surface area contributed by atoms with Crippen molar-refractivity contribution >= 4 is 21.4 Å². The van der Waals surface area contributed by atoms with E-state index in [1.165, 1.54) is 17.4 Å². The number of alkyl halides is 2. The quantitative estimate of drug-likeness (QED) is 0.871. The maximum atomic E-state index is 13.0. The van der Waals surface area contributed by atoms with Crippen molar-refractivity contribution in [2.24, 2.45) is 0 Å². The van der Waals surface area contributed by atoms with Crippen LogP contribution in [0.15, 0.2) is 28.5 Å². The lowest BCUT2D eigenvalue weighted by molar-refractivity contribution is -0.286. The van der Waals surface area contributed by atoms with Crippen LogP contribution in [-0.4, -0.2) is 19.7 Å². The second-order valence-corrected chi connectivity index (χ2v) is 8.21. The van der Waals surface area contributed by atoms with E-state index in [0.717, 1.165) is 30.0 Å². The van der Waals surface area contributed by atoms with Crippen LogP contribution in [0.5, 0.6) is 11.5 Å². The molecule has 1 saturated carbocycles. The number of fused-ring (bicyclic) bond motifs is 1. The van der Waals surface area contributed by atoms with E-state index in [4.69, 9.17) is 0 Å². The Labute approximate surface area is 140 Å². The van der Waals surface area contributed by atoms with Gasteiger partial charge in [-0.3, -0.25) is 0 Å². The molecule has 0 unspecified atom stereocenters. The van der Waals surface area contributed by atoms with Crippen LogP contribution >= 0.6 is 11.3 Å². The summed E-state index contributed by atoms with van der Waals surface area (Å²) < 4.78 is 61.5. The summed E-state index contributed by atoms with van der Waals surface area (Å²) in [6, 6.07) is 3.33. The summed E-state index contributed by atoms with van der Waals surface area (Å²) in [5.41, 5.74) is 0.637. The Morgan fingerprint density at radius 1 is 1.29 bits per heavy atom. The van der Waals surface area contributed by atoms with Crippen LogP contribution in [0.1, 0.15) is 29.5 Å². The van der Waals surface area contributed by atoms with Crippen molar-refractivity contribution < 1.29 is 26.7 Å². The second kappa shape index (κ2) is 5.36. The summed E-state index contributed by atoms with van der Waals surface area (Å²) in [5.74, 6) is -0.00374. The van der Waals surface area contributed by atoms with E-state index in [1.807, 2.05) is 5.38 Å². The number of nitrogens with zero attached hydrogens (tertiary/aromatic N) is 1. The first kappa shape index (κ1) is 15.7. The average molecular weight is 374 g/mol. The van der Waals surface area contributed by atoms with Crippen molar-refractivity contribution in [3.05, 3.63) is 34.3 Å². The van der Waals surface area contributed by atoms with Gasteiger partial charge in [-0.05, 0) is 25.0 Å². The normalized spacial score (nSPS) is 18.8. The highest BCUT2D eigenvalue weighted by atomic mass is 32.2. The Kier molecular flexibility index (Phi) is 3.52. The predicted octanol–water partition coefficient (Wildman–Crippen LogP) is 2.82. The molecule has 2 aromatic rings. The van der Waals surface area contributed by atoms with Gasteiger partial charge in [-0.2, -0.15) is 0 Å². The standard InChI is InChI=1S/C14H12F2N2O4S2/c15-14(16)21-11-4-3-10(5-12(11)22-14)24(19,20)17-6-9-7-23-13(18-9)8-1-2-8/h3-5,7-8,17H,1-2,6H2. The third-order valence-corrected chi connectivity index (χ3v) is 6.08. The van der Waals surface area contributed by atoms with Crippen LogP contribution in [0.3, 0.4) is 0 Å². The number of hydrogen-bond donors (Lipinski definition) is 1. The van der Waals surface area contributed by atoms with Crippen LogP contribution in [0.4, 0.5) is 8.78 Å². The molecular formula is C14H12F2N2O4S2. The zero-order valence-corrected chi connectivity index (χ0v) is 13.8. The van der Waals surface area contributed by atoms with E-state index < -0.39 is 16.3 Å². The molecule has 0 radical (unpaired) electrons. The van der Waals surface area contributed by atoms with Crippen molar-refractivity contribution in [1.29, 1.82) is 0 Å². The third-order valence-electron chi connectivity index (χ3n) is 3.62. The number of sulfonamides is 1. The first-order chi connectivity index (χ1) is 11.3. The van der Waals surface area contributed by atoms with Gasteiger partial charge >= 0.3 is 6.29 Å². The number of ether oxygens (including phenoxy) is 2. The number of halogens is 2. The molecule has 0 atom stereocenters. The maximum Gasteiger partial charge on any atom is 0.586 e. The topological polar surface area (TPSA) is 77.5 Å². The smallest absolute Gasteiger partial charge is 0.395 e. The largest absolute Gasteiger partial charge is 0.586 e. The van der Waals surface area contributed by atoms with Gasteiger partial charge in [0.05, 0.1) is 22.1 Å². The molecule has 24 heavy (non-hydrogen) atoms. The van der Waals surface area contributed by atoms with E-state index in [9.17, 15) is 17.2 Å². The molecule has 1 aromatic heterocycles. The molecule has 1 aliphatic carbocycles. The van der Waals surface area contributed by atoms with E-state index in [1.54, 1.807) is 0 Å². The third kappa shape index (κ3) is 3.08. The number of hydrogen-bond acceptors (Lipinski definition) is 6. The van der Waals surface area contributed by atoms with Gasteiger partial charge in [0.25, 0.3) is 0 Å². The molecule has 0 spiro atoms. The van der Waals surface area contributed by atoms with E-state index in [2.05, 4.69) is 19.2 Å².